The summed E-state index contributed by atoms with van der Waals surface area (Å²) in [6.07, 6.45) is 2.89. The van der Waals surface area contributed by atoms with Crippen molar-refractivity contribution in [3.63, 3.8) is 0 Å². The van der Waals surface area contributed by atoms with Crippen LogP contribution >= 0.6 is 11.3 Å². The van der Waals surface area contributed by atoms with Gasteiger partial charge < -0.3 is 9.73 Å². The molecule has 0 spiro atoms. The van der Waals surface area contributed by atoms with Crippen molar-refractivity contribution in [3.8, 4) is 11.1 Å². The van der Waals surface area contributed by atoms with Gasteiger partial charge in [-0.1, -0.05) is 12.1 Å². The van der Waals surface area contributed by atoms with Gasteiger partial charge >= 0.3 is 0 Å². The van der Waals surface area contributed by atoms with E-state index in [0.29, 0.717) is 21.5 Å². The van der Waals surface area contributed by atoms with Crippen LogP contribution in [0.2, 0.25) is 0 Å². The van der Waals surface area contributed by atoms with Crippen LogP contribution in [0.1, 0.15) is 5.76 Å². The Bertz CT molecular complexity index is 1150. The molecule has 0 fully saturated rings. The van der Waals surface area contributed by atoms with Gasteiger partial charge in [0.25, 0.3) is 5.56 Å². The Morgan fingerprint density at radius 1 is 1.26 bits per heavy atom. The van der Waals surface area contributed by atoms with Crippen LogP contribution in [-0.2, 0) is 17.9 Å². The predicted octanol–water partition coefficient (Wildman–Crippen LogP) is 3.17. The molecule has 0 bridgehead atoms. The maximum absolute atomic E-state index is 13.2. The summed E-state index contributed by atoms with van der Waals surface area (Å²) in [6, 6.07) is 9.40. The number of nitrogens with one attached hydrogen (secondary N) is 1. The lowest BCUT2D eigenvalue weighted by Gasteiger charge is -2.07. The Labute approximate surface area is 156 Å². The second-order valence-electron chi connectivity index (χ2n) is 5.87. The van der Waals surface area contributed by atoms with E-state index < -0.39 is 0 Å². The van der Waals surface area contributed by atoms with Crippen LogP contribution in [0.3, 0.4) is 0 Å². The van der Waals surface area contributed by atoms with Gasteiger partial charge in [-0.15, -0.1) is 11.3 Å². The topological polar surface area (TPSA) is 77.1 Å². The van der Waals surface area contributed by atoms with Gasteiger partial charge in [-0.05, 0) is 29.8 Å². The van der Waals surface area contributed by atoms with Crippen molar-refractivity contribution < 1.29 is 13.6 Å². The van der Waals surface area contributed by atoms with E-state index in [1.165, 1.54) is 40.6 Å². The van der Waals surface area contributed by atoms with Crippen LogP contribution in [0, 0.1) is 5.82 Å². The fourth-order valence-electron chi connectivity index (χ4n) is 2.73. The molecule has 0 aliphatic heterocycles. The summed E-state index contributed by atoms with van der Waals surface area (Å²) < 4.78 is 19.6. The maximum Gasteiger partial charge on any atom is 0.263 e. The normalized spacial score (nSPS) is 11.0. The lowest BCUT2D eigenvalue weighted by atomic mass is 10.1. The van der Waals surface area contributed by atoms with Crippen molar-refractivity contribution in [2.75, 3.05) is 0 Å². The third-order valence-electron chi connectivity index (χ3n) is 4.07. The van der Waals surface area contributed by atoms with Gasteiger partial charge in [0.1, 0.15) is 23.0 Å². The molecule has 0 atom stereocenters. The number of thiophene rings is 1. The first-order chi connectivity index (χ1) is 13.1. The molecule has 3 heterocycles. The monoisotopic (exact) mass is 383 g/mol. The summed E-state index contributed by atoms with van der Waals surface area (Å²) in [5.41, 5.74) is 1.09. The number of aromatic nitrogens is 2. The van der Waals surface area contributed by atoms with Crippen molar-refractivity contribution in [2.45, 2.75) is 13.1 Å². The highest BCUT2D eigenvalue weighted by atomic mass is 32.1. The van der Waals surface area contributed by atoms with Crippen molar-refractivity contribution in [3.05, 3.63) is 76.3 Å². The fourth-order valence-corrected chi connectivity index (χ4v) is 3.64. The molecular formula is C19H14FN3O3S. The summed E-state index contributed by atoms with van der Waals surface area (Å²) in [4.78, 5) is 29.9. The summed E-state index contributed by atoms with van der Waals surface area (Å²) in [7, 11) is 0. The zero-order chi connectivity index (χ0) is 18.8. The standard InChI is InChI=1S/C19H14FN3O3S/c20-13-5-3-12(4-6-13)15-10-27-18-17(15)19(25)23(11-22-18)9-16(24)21-8-14-2-1-7-26-14/h1-7,10-11H,8-9H2,(H,21,24). The average molecular weight is 383 g/mol. The van der Waals surface area contributed by atoms with Crippen molar-refractivity contribution in [1.82, 2.24) is 14.9 Å². The van der Waals surface area contributed by atoms with Gasteiger partial charge in [0, 0.05) is 10.9 Å². The molecule has 27 heavy (non-hydrogen) atoms. The molecule has 1 N–H and O–H groups in total. The van der Waals surface area contributed by atoms with Gasteiger partial charge in [0.15, 0.2) is 0 Å². The van der Waals surface area contributed by atoms with E-state index in [4.69, 9.17) is 4.42 Å². The molecule has 8 heteroatoms. The number of furan rings is 1. The first-order valence-corrected chi connectivity index (χ1v) is 9.01. The van der Waals surface area contributed by atoms with E-state index in [9.17, 15) is 14.0 Å². The fraction of sp³-hybridized carbons (Fsp3) is 0.105. The minimum absolute atomic E-state index is 0.152. The number of benzene rings is 1. The van der Waals surface area contributed by atoms with E-state index in [-0.39, 0.29) is 30.4 Å². The number of hydrogen-bond acceptors (Lipinski definition) is 5. The van der Waals surface area contributed by atoms with Crippen LogP contribution in [0.4, 0.5) is 4.39 Å². The molecule has 0 radical (unpaired) electrons. The molecule has 1 amide bonds. The van der Waals surface area contributed by atoms with E-state index in [0.717, 1.165) is 5.56 Å². The molecule has 136 valence electrons. The summed E-state index contributed by atoms with van der Waals surface area (Å²) in [5.74, 6) is -0.0454. The Balaban J connectivity index is 1.61. The van der Waals surface area contributed by atoms with Crippen molar-refractivity contribution in [1.29, 1.82) is 0 Å². The number of amides is 1. The number of fused-ring (bicyclic) bond motifs is 1. The van der Waals surface area contributed by atoms with Gasteiger partial charge in [-0.2, -0.15) is 0 Å². The molecule has 0 unspecified atom stereocenters. The summed E-state index contributed by atoms with van der Waals surface area (Å²) >= 11 is 1.33. The molecule has 3 aromatic heterocycles. The maximum atomic E-state index is 13.2. The van der Waals surface area contributed by atoms with Gasteiger partial charge in [0.2, 0.25) is 5.91 Å². The van der Waals surface area contributed by atoms with Crippen molar-refractivity contribution >= 4 is 27.5 Å². The highest BCUT2D eigenvalue weighted by molar-refractivity contribution is 7.17. The first kappa shape index (κ1) is 17.2. The number of hydrogen-bond donors (Lipinski definition) is 1. The molecule has 4 rings (SSSR count). The molecule has 0 saturated carbocycles. The van der Waals surface area contributed by atoms with Crippen LogP contribution in [0.25, 0.3) is 21.3 Å². The van der Waals surface area contributed by atoms with E-state index in [1.807, 2.05) is 5.38 Å². The number of nitrogens with zero attached hydrogens (tertiary/aromatic N) is 2. The largest absolute Gasteiger partial charge is 0.467 e. The SMILES string of the molecule is O=C(Cn1cnc2scc(-c3ccc(F)cc3)c2c1=O)NCc1ccco1. The molecule has 6 nitrogen and oxygen atoms in total. The highest BCUT2D eigenvalue weighted by Gasteiger charge is 2.15. The second-order valence-corrected chi connectivity index (χ2v) is 6.73. The van der Waals surface area contributed by atoms with E-state index in [2.05, 4.69) is 10.3 Å². The number of halogens is 1. The molecule has 0 aliphatic carbocycles. The minimum atomic E-state index is -0.345. The third kappa shape index (κ3) is 3.52. The Hall–Kier alpha value is -3.26. The average Bonchev–Trinajstić information content (AvgIpc) is 3.33. The number of carbonyl (C=O) groups is 1. The van der Waals surface area contributed by atoms with E-state index in [1.54, 1.807) is 24.3 Å². The summed E-state index contributed by atoms with van der Waals surface area (Å²) in [6.45, 7) is 0.0940. The van der Waals surface area contributed by atoms with Crippen LogP contribution in [0.5, 0.6) is 0 Å². The minimum Gasteiger partial charge on any atom is -0.467 e. The highest BCUT2D eigenvalue weighted by Crippen LogP contribution is 2.30. The molecule has 1 aromatic carbocycles. The first-order valence-electron chi connectivity index (χ1n) is 8.13. The lowest BCUT2D eigenvalue weighted by molar-refractivity contribution is -0.122. The third-order valence-corrected chi connectivity index (χ3v) is 4.96. The molecule has 0 aliphatic rings. The predicted molar refractivity (Wildman–Crippen MR) is 99.8 cm³/mol. The van der Waals surface area contributed by atoms with Crippen LogP contribution in [-0.4, -0.2) is 15.5 Å². The van der Waals surface area contributed by atoms with Crippen LogP contribution < -0.4 is 10.9 Å². The Morgan fingerprint density at radius 3 is 2.81 bits per heavy atom. The number of rotatable bonds is 5. The van der Waals surface area contributed by atoms with E-state index >= 15 is 0 Å². The molecule has 4 aromatic rings. The number of carbonyl (C=O) groups excluding carboxylic acids is 1. The van der Waals surface area contributed by atoms with Gasteiger partial charge in [-0.25, -0.2) is 9.37 Å². The zero-order valence-electron chi connectivity index (χ0n) is 14.0. The summed E-state index contributed by atoms with van der Waals surface area (Å²) in [5, 5.41) is 4.93. The molecule has 0 saturated heterocycles. The quantitative estimate of drug-likeness (QED) is 0.574. The molecular weight excluding hydrogens is 369 g/mol. The smallest absolute Gasteiger partial charge is 0.263 e. The van der Waals surface area contributed by atoms with Gasteiger partial charge in [0.05, 0.1) is 24.5 Å². The van der Waals surface area contributed by atoms with Crippen LogP contribution in [0.15, 0.2) is 63.6 Å². The van der Waals surface area contributed by atoms with Gasteiger partial charge in [-0.3, -0.25) is 14.2 Å². The lowest BCUT2D eigenvalue weighted by Crippen LogP contribution is -2.32. The zero-order valence-corrected chi connectivity index (χ0v) is 14.8. The Morgan fingerprint density at radius 2 is 2.07 bits per heavy atom. The second kappa shape index (κ2) is 7.16. The Kier molecular flexibility index (Phi) is 4.55. The van der Waals surface area contributed by atoms with Crippen molar-refractivity contribution in [2.24, 2.45) is 0 Å².